The minimum absolute atomic E-state index is 1.03. The third-order valence-corrected chi connectivity index (χ3v) is 28.1. The first-order valence-electron chi connectivity index (χ1n) is 45.0. The van der Waals surface area contributed by atoms with Crippen LogP contribution in [0.25, 0.3) is 0 Å². The summed E-state index contributed by atoms with van der Waals surface area (Å²) < 4.78 is 194. The minimum atomic E-state index is -6.77. The number of aliphatic hydroxyl groups is 29. The van der Waals surface area contributed by atoms with Gasteiger partial charge in [-0.05, 0) is 6.92 Å². The molecule has 0 aliphatic carbocycles. The molecule has 77 heteroatoms. The van der Waals surface area contributed by atoms with Crippen molar-refractivity contribution in [3.8, 4) is 0 Å². The first-order chi connectivity index (χ1) is 69.3. The van der Waals surface area contributed by atoms with Crippen LogP contribution in [-0.4, -0.2) is 624 Å². The Balaban J connectivity index is 1.00. The van der Waals surface area contributed by atoms with E-state index in [1.807, 2.05) is 0 Å². The van der Waals surface area contributed by atoms with E-state index in [-0.39, 0.29) is 0 Å². The zero-order valence-corrected chi connectivity index (χ0v) is 80.4. The number of phosphoric ester groups is 4. The molecule has 0 bridgehead atoms. The van der Waals surface area contributed by atoms with Gasteiger partial charge in [0.15, 0.2) is 56.6 Å². The summed E-state index contributed by atoms with van der Waals surface area (Å²) in [6.07, 6.45) is -135. The van der Waals surface area contributed by atoms with E-state index in [0.29, 0.717) is 0 Å². The van der Waals surface area contributed by atoms with Gasteiger partial charge in [-0.3, -0.25) is 18.1 Å². The number of ether oxygens (including phenoxy) is 21. The molecule has 870 valence electrons. The summed E-state index contributed by atoms with van der Waals surface area (Å²) in [5.74, 6) is -13.0. The molecule has 73 nitrogen and oxygen atoms in total. The number of aliphatic carboxylic acids is 2. The molecule has 0 aromatic rings. The van der Waals surface area contributed by atoms with Crippen LogP contribution in [0.1, 0.15) is 19.8 Å². The average Bonchev–Trinajstić information content (AvgIpc) is 0.736. The largest absolute Gasteiger partial charge is 0.477 e. The summed E-state index contributed by atoms with van der Waals surface area (Å²) >= 11 is 0. The zero-order valence-electron chi connectivity index (χ0n) is 76.9. The van der Waals surface area contributed by atoms with E-state index in [9.17, 15) is 225 Å². The van der Waals surface area contributed by atoms with E-state index in [0.717, 1.165) is 0 Å². The molecule has 11 aliphatic heterocycles. The lowest BCUT2D eigenvalue weighted by Crippen LogP contribution is -2.71. The van der Waals surface area contributed by atoms with Gasteiger partial charge in [-0.1, -0.05) is 0 Å². The van der Waals surface area contributed by atoms with Gasteiger partial charge < -0.3 is 314 Å². The molecule has 45 N–H and O–H groups in total. The van der Waals surface area contributed by atoms with Gasteiger partial charge in [-0.2, -0.15) is 0 Å². The van der Waals surface area contributed by atoms with Crippen molar-refractivity contribution in [1.82, 2.24) is 0 Å². The molecule has 0 radical (unpaired) electrons. The summed E-state index contributed by atoms with van der Waals surface area (Å²) in [7, 11) is -25.6. The second-order valence-corrected chi connectivity index (χ2v) is 41.1. The lowest BCUT2D eigenvalue weighted by Gasteiger charge is -2.53. The van der Waals surface area contributed by atoms with Gasteiger partial charge in [0.1, 0.15) is 244 Å². The van der Waals surface area contributed by atoms with E-state index in [1.54, 1.807) is 0 Å². The van der Waals surface area contributed by atoms with Crippen LogP contribution in [0.4, 0.5) is 0 Å². The maximum atomic E-state index is 14.4. The Hall–Kier alpha value is -2.74. The molecule has 149 heavy (non-hydrogen) atoms. The van der Waals surface area contributed by atoms with Crippen LogP contribution in [-0.2, 0) is 145 Å². The fourth-order valence-electron chi connectivity index (χ4n) is 18.0. The zero-order chi connectivity index (χ0) is 111. The molecule has 0 amide bonds. The molecule has 0 saturated carbocycles. The molecule has 11 fully saturated rings. The Bertz CT molecular complexity index is 4420. The minimum Gasteiger partial charge on any atom is -0.477 e. The molecule has 0 spiro atoms. The third kappa shape index (κ3) is 29.2. The molecular weight excluding hydrogens is 2150 g/mol. The average molecular weight is 2280 g/mol. The predicted octanol–water partition coefficient (Wildman–Crippen LogP) is -25.2. The van der Waals surface area contributed by atoms with Crippen molar-refractivity contribution in [3.05, 3.63) is 0 Å². The number of hydrogen-bond donors (Lipinski definition) is 42. The second kappa shape index (κ2) is 51.9. The lowest BCUT2D eigenvalue weighted by atomic mass is 9.89. The molecule has 57 atom stereocenters. The molecule has 11 heterocycles. The highest BCUT2D eigenvalue weighted by atomic mass is 31.2. The fraction of sp³-hybridized carbons (Fsp3) is 0.972. The van der Waals surface area contributed by atoms with Gasteiger partial charge in [0.2, 0.25) is 0 Å². The number of aliphatic hydroxyl groups excluding tert-OH is 29. The van der Waals surface area contributed by atoms with Crippen molar-refractivity contribution < 1.29 is 343 Å². The summed E-state index contributed by atoms with van der Waals surface area (Å²) in [5, 5.41) is 345. The van der Waals surface area contributed by atoms with Crippen LogP contribution in [0, 0.1) is 0 Å². The van der Waals surface area contributed by atoms with Gasteiger partial charge in [0.05, 0.1) is 103 Å². The summed E-state index contributed by atoms with van der Waals surface area (Å²) in [6, 6.07) is -6.29. The first-order valence-corrected chi connectivity index (χ1v) is 51.2. The van der Waals surface area contributed by atoms with Crippen molar-refractivity contribution >= 4 is 43.2 Å². The van der Waals surface area contributed by atoms with E-state index >= 15 is 0 Å². The second-order valence-electron chi connectivity index (χ2n) is 36.3. The van der Waals surface area contributed by atoms with Crippen LogP contribution in [0.2, 0.25) is 0 Å². The number of carboxylic acids is 2. The third-order valence-electron chi connectivity index (χ3n) is 26.0. The summed E-state index contributed by atoms with van der Waals surface area (Å²) in [4.78, 5) is 113. The van der Waals surface area contributed by atoms with Crippen LogP contribution in [0.15, 0.2) is 0 Å². The van der Waals surface area contributed by atoms with E-state index < -0.39 is 471 Å². The molecule has 0 aromatic heterocycles. The Labute approximate surface area is 835 Å². The highest BCUT2D eigenvalue weighted by Gasteiger charge is 2.68. The van der Waals surface area contributed by atoms with Gasteiger partial charge >= 0.3 is 43.2 Å². The van der Waals surface area contributed by atoms with E-state index in [2.05, 4.69) is 0 Å². The smallest absolute Gasteiger partial charge is 0.470 e. The number of hydrogen-bond acceptors (Lipinski definition) is 63. The molecule has 11 rings (SSSR count). The highest BCUT2D eigenvalue weighted by molar-refractivity contribution is 7.47. The standard InChI is InChI=1S/C72H127N3O70P4/c1-14-30(86)38(94)42(98)63(125-14)122-11-24-34(90)40(96)44(100)65(129-24)134-54-21(8-80)128-62(29(75)55(54)136-66-45(101)41(97)35(91)25(130-66)12-123-64-43(99)39(95)32(88)20(7-79)127-64)137-56-46(102)51(22(9-81)142-146(109,110)111)133-67(47(56)103)138-57-58(144-148(115,116)117)49(17(84)5-77)132-68(59(57)145-149(118,119)120)135-53-19(139-72(70(107)108)2-15(82)31(87)48(140-72)16(83)4-76)3-71(69(105)106,141-50(53)18(85)6-78)124-13-26-52(143-147(112,113)114)37(93)28(74)61(131-26)121-10-23-33(89)36(92)27(73)60(104)126-23/h14-68,76-104H,2-13,73-75H2,1H3,(H,105,106)(H,107,108)(H2,109,110,111)(H2,112,113,114)(H2,115,116,117)(H2,118,119,120)/t14-,15+,16+,17-,18+,19+,20+,21+,22-,23+,24+,25+,26+,27+,28+,29+,30-,31+,32+,33+,34+,35+,36+,37+,38+,39-,40-,41-,42+,43+,44+,45+,46+,47-,48+,49+,50+,51+,52+,53+,54-,55+,56-,57-,58+,59-,60-,61+,62+,63+,64-,65+,66-,67+,68+,71+,72+/m0/s1. The van der Waals surface area contributed by atoms with Crippen molar-refractivity contribution in [3.63, 3.8) is 0 Å². The molecule has 0 unspecified atom stereocenters. The van der Waals surface area contributed by atoms with Crippen LogP contribution < -0.4 is 17.2 Å². The fourth-order valence-corrected chi connectivity index (χ4v) is 20.3. The maximum Gasteiger partial charge on any atom is 0.470 e. The lowest BCUT2D eigenvalue weighted by molar-refractivity contribution is -0.408. The highest BCUT2D eigenvalue weighted by Crippen LogP contribution is 2.53. The number of carbonyl (C=O) groups is 2. The number of phosphoric acid groups is 4. The van der Waals surface area contributed by atoms with Gasteiger partial charge in [0.25, 0.3) is 11.6 Å². The summed E-state index contributed by atoms with van der Waals surface area (Å²) in [5.41, 5.74) is 18.8. The van der Waals surface area contributed by atoms with Crippen molar-refractivity contribution in [2.24, 2.45) is 17.2 Å². The molecular formula is C72H127N3O70P4. The Morgan fingerprint density at radius 1 is 0.329 bits per heavy atom. The van der Waals surface area contributed by atoms with Crippen molar-refractivity contribution in [1.29, 1.82) is 0 Å². The summed E-state index contributed by atoms with van der Waals surface area (Å²) in [6.45, 7) is -13.4. The van der Waals surface area contributed by atoms with Gasteiger partial charge in [-0.25, -0.2) is 27.8 Å². The van der Waals surface area contributed by atoms with Crippen molar-refractivity contribution in [2.45, 2.75) is 369 Å². The predicted molar refractivity (Wildman–Crippen MR) is 445 cm³/mol. The molecule has 11 aliphatic rings. The van der Waals surface area contributed by atoms with Crippen LogP contribution in [0.3, 0.4) is 0 Å². The van der Waals surface area contributed by atoms with Gasteiger partial charge in [0, 0.05) is 12.8 Å². The SMILES string of the molecule is C[C@@H]1O[C@@H](OC[C@H]2O[C@H](O[C@@H]3[C@H](O[C@@H]4O[C@H](CO[C@H]5O[C@H](CO)[C@@H](O)[C@H](O)[C@H]5O)[C@@H](O)[C@H](O)[C@H]4O)[C@@H](N)[C@@H](O[C@@H]4[C@H](O)[C@@H](O[C@H]5[C@H](OP(=O)(O)O)[C@@H]([C@@H](O)CO)O[C@H](O[C@H]6[C@@H]([C@H](O)CO)O[C@@](OC[C@H]7O[C@@H](OC[C@H]8O[C@H](O)[C@H](N)[C@@H](O)[C@@H]8O)[C@H](N)[C@@H](O)[C@@H]7OP(=O)(O)O)(C(=O)O)C[C@H]6O[C@]6(C(=O)O)C[C@@H](O)[C@@H](O)[C@@H]([C@H](O)CO)O6)[C@H]5OP(=O)(O)O)O[C@H]([C@H](CO)OP(=O)(O)O)[C@H]4O)O[C@@H]3CO)[C@H](O)[C@@H](O)[C@@H]2O)[C@H](O)[C@H](O)[C@H]1O. The van der Waals surface area contributed by atoms with E-state index in [1.165, 1.54) is 6.92 Å². The van der Waals surface area contributed by atoms with E-state index in [4.69, 9.17) is 135 Å². The maximum absolute atomic E-state index is 14.4. The molecule has 0 aromatic carbocycles. The van der Waals surface area contributed by atoms with Crippen LogP contribution in [0.5, 0.6) is 0 Å². The number of rotatable bonds is 44. The first kappa shape index (κ1) is 126. The van der Waals surface area contributed by atoms with Crippen LogP contribution >= 0.6 is 31.3 Å². The van der Waals surface area contributed by atoms with Crippen molar-refractivity contribution in [2.75, 3.05) is 66.1 Å². The molecule has 11 saturated heterocycles. The monoisotopic (exact) mass is 2280 g/mol. The Morgan fingerprint density at radius 3 is 1.26 bits per heavy atom. The Kier molecular flexibility index (Phi) is 44.1. The van der Waals surface area contributed by atoms with Gasteiger partial charge in [-0.15, -0.1) is 0 Å². The Morgan fingerprint density at radius 2 is 0.745 bits per heavy atom. The number of nitrogens with two attached hydrogens (primary N) is 3. The topological polar surface area (TPSA) is 1200 Å². The number of carboxylic acid groups (broad SMARTS) is 2. The quantitative estimate of drug-likeness (QED) is 0.0252. The normalized spacial score (nSPS) is 47.5.